The van der Waals surface area contributed by atoms with Gasteiger partial charge in [0.25, 0.3) is 0 Å². The van der Waals surface area contributed by atoms with E-state index in [0.717, 1.165) is 24.6 Å². The summed E-state index contributed by atoms with van der Waals surface area (Å²) in [7, 11) is 0. The highest BCUT2D eigenvalue weighted by atomic mass is 32.2. The Morgan fingerprint density at radius 2 is 1.67 bits per heavy atom. The highest BCUT2D eigenvalue weighted by Gasteiger charge is 2.20. The van der Waals surface area contributed by atoms with E-state index < -0.39 is 29.1 Å². The van der Waals surface area contributed by atoms with E-state index in [1.54, 1.807) is 18.2 Å². The van der Waals surface area contributed by atoms with Gasteiger partial charge in [-0.15, -0.1) is 11.8 Å². The molecule has 0 spiro atoms. The summed E-state index contributed by atoms with van der Waals surface area (Å²) in [5.74, 6) is -3.63. The number of carbonyl (C=O) groups excluding carboxylic acids is 1. The maximum Gasteiger partial charge on any atom is 0.373 e. The van der Waals surface area contributed by atoms with E-state index in [2.05, 4.69) is 19.1 Å². The molecule has 0 amide bonds. The molecule has 3 N–H and O–H groups in total. The van der Waals surface area contributed by atoms with Crippen LogP contribution in [0.15, 0.2) is 48.6 Å². The van der Waals surface area contributed by atoms with Crippen LogP contribution < -0.4 is 0 Å². The fourth-order valence-corrected chi connectivity index (χ4v) is 3.45. The lowest BCUT2D eigenvalue weighted by Gasteiger charge is -2.18. The standard InChI is InChI=1S/C23H34O6S/c1-2-3-4-5-6-7-8-9-10-11-12-13-16-21(30-18-20(25)23(28)29)19(24)15-14-17-22(26)27/h6-7,9-13,16,19,21,24H,2-5,8,14-15,17-18H2,1H3,(H,26,27)(H,28,29)/b7-6?,10-9?,12-11+,16-13+. The second-order valence-electron chi connectivity index (χ2n) is 6.76. The zero-order valence-electron chi connectivity index (χ0n) is 17.6. The first-order chi connectivity index (χ1) is 14.4. The van der Waals surface area contributed by atoms with Crippen LogP contribution in [0.5, 0.6) is 0 Å². The molecule has 0 heterocycles. The van der Waals surface area contributed by atoms with Crippen LogP contribution in [-0.4, -0.2) is 50.1 Å². The van der Waals surface area contributed by atoms with Crippen molar-refractivity contribution in [2.45, 2.75) is 69.6 Å². The minimum atomic E-state index is -1.50. The number of aliphatic hydroxyl groups is 1. The average molecular weight is 439 g/mol. The molecular weight excluding hydrogens is 404 g/mol. The van der Waals surface area contributed by atoms with Gasteiger partial charge in [0.2, 0.25) is 5.78 Å². The molecule has 0 rings (SSSR count). The largest absolute Gasteiger partial charge is 0.481 e. The van der Waals surface area contributed by atoms with Crippen molar-refractivity contribution in [1.29, 1.82) is 0 Å². The number of Topliss-reactive ketones (excluding diaryl/α,β-unsaturated/α-hetero) is 1. The van der Waals surface area contributed by atoms with Crippen molar-refractivity contribution in [3.05, 3.63) is 48.6 Å². The number of carboxylic acids is 2. The van der Waals surface area contributed by atoms with Crippen LogP contribution in [0.1, 0.15) is 58.3 Å². The van der Waals surface area contributed by atoms with Crippen LogP contribution in [0, 0.1) is 0 Å². The first-order valence-electron chi connectivity index (χ1n) is 10.3. The summed E-state index contributed by atoms with van der Waals surface area (Å²) in [5.41, 5.74) is 0. The van der Waals surface area contributed by atoms with E-state index in [0.29, 0.717) is 6.42 Å². The second-order valence-corrected chi connectivity index (χ2v) is 7.92. The fourth-order valence-electron chi connectivity index (χ4n) is 2.42. The molecule has 7 heteroatoms. The van der Waals surface area contributed by atoms with E-state index in [-0.39, 0.29) is 18.6 Å². The van der Waals surface area contributed by atoms with Gasteiger partial charge in [-0.1, -0.05) is 68.4 Å². The number of ketones is 1. The monoisotopic (exact) mass is 438 g/mol. The maximum absolute atomic E-state index is 11.3. The number of thioether (sulfide) groups is 1. The minimum absolute atomic E-state index is 0.0516. The fraction of sp³-hybridized carbons (Fsp3) is 0.522. The van der Waals surface area contributed by atoms with Crippen molar-refractivity contribution < 1.29 is 29.7 Å². The van der Waals surface area contributed by atoms with Gasteiger partial charge in [0, 0.05) is 11.7 Å². The molecule has 2 atom stereocenters. The van der Waals surface area contributed by atoms with Gasteiger partial charge in [0.05, 0.1) is 11.9 Å². The summed E-state index contributed by atoms with van der Waals surface area (Å²) >= 11 is 1.03. The number of unbranched alkanes of at least 4 members (excludes halogenated alkanes) is 3. The van der Waals surface area contributed by atoms with Gasteiger partial charge in [-0.05, 0) is 32.1 Å². The summed E-state index contributed by atoms with van der Waals surface area (Å²) < 4.78 is 0. The molecule has 0 radical (unpaired) electrons. The zero-order valence-corrected chi connectivity index (χ0v) is 18.4. The molecule has 6 nitrogen and oxygen atoms in total. The lowest BCUT2D eigenvalue weighted by atomic mass is 10.1. The quantitative estimate of drug-likeness (QED) is 0.124. The average Bonchev–Trinajstić information content (AvgIpc) is 2.70. The highest BCUT2D eigenvalue weighted by Crippen LogP contribution is 2.20. The smallest absolute Gasteiger partial charge is 0.373 e. The number of rotatable bonds is 18. The molecular formula is C23H34O6S. The van der Waals surface area contributed by atoms with Crippen molar-refractivity contribution >= 4 is 29.5 Å². The Hall–Kier alpha value is -2.12. The van der Waals surface area contributed by atoms with E-state index >= 15 is 0 Å². The molecule has 0 aromatic heterocycles. The summed E-state index contributed by atoms with van der Waals surface area (Å²) in [6.07, 6.45) is 20.6. The van der Waals surface area contributed by atoms with Gasteiger partial charge in [-0.3, -0.25) is 9.59 Å². The first kappa shape index (κ1) is 27.9. The molecule has 30 heavy (non-hydrogen) atoms. The summed E-state index contributed by atoms with van der Waals surface area (Å²) in [5, 5.41) is 27.2. The zero-order chi connectivity index (χ0) is 22.6. The van der Waals surface area contributed by atoms with E-state index in [9.17, 15) is 19.5 Å². The molecule has 0 bridgehead atoms. The summed E-state index contributed by atoms with van der Waals surface area (Å²) in [6.45, 7) is 2.18. The van der Waals surface area contributed by atoms with Gasteiger partial charge in [-0.25, -0.2) is 4.79 Å². The predicted octanol–water partition coefficient (Wildman–Crippen LogP) is 4.55. The van der Waals surface area contributed by atoms with Crippen LogP contribution in [0.3, 0.4) is 0 Å². The maximum atomic E-state index is 11.3. The number of hydrogen-bond acceptors (Lipinski definition) is 5. The van der Waals surface area contributed by atoms with Gasteiger partial charge < -0.3 is 15.3 Å². The Morgan fingerprint density at radius 3 is 2.33 bits per heavy atom. The number of carboxylic acid groups (broad SMARTS) is 2. The number of hydrogen-bond donors (Lipinski definition) is 3. The summed E-state index contributed by atoms with van der Waals surface area (Å²) in [4.78, 5) is 32.6. The molecule has 0 saturated carbocycles. The van der Waals surface area contributed by atoms with E-state index in [1.165, 1.54) is 19.3 Å². The Bertz CT molecular complexity index is 621. The van der Waals surface area contributed by atoms with Gasteiger partial charge >= 0.3 is 11.9 Å². The molecule has 168 valence electrons. The van der Waals surface area contributed by atoms with Gasteiger partial charge in [-0.2, -0.15) is 0 Å². The molecule has 0 aromatic rings. The van der Waals surface area contributed by atoms with Crippen LogP contribution >= 0.6 is 11.8 Å². The molecule has 2 unspecified atom stereocenters. The van der Waals surface area contributed by atoms with Gasteiger partial charge in [0.15, 0.2) is 0 Å². The highest BCUT2D eigenvalue weighted by molar-refractivity contribution is 8.00. The Kier molecular flexibility index (Phi) is 17.5. The molecule has 0 aliphatic rings. The molecule has 0 fully saturated rings. The molecule has 0 aliphatic heterocycles. The van der Waals surface area contributed by atoms with E-state index in [4.69, 9.17) is 10.2 Å². The predicted molar refractivity (Wildman–Crippen MR) is 122 cm³/mol. The molecule has 0 saturated heterocycles. The lowest BCUT2D eigenvalue weighted by Crippen LogP contribution is -2.24. The van der Waals surface area contributed by atoms with Crippen LogP contribution in [0.2, 0.25) is 0 Å². The van der Waals surface area contributed by atoms with Crippen LogP contribution in [0.4, 0.5) is 0 Å². The third-order valence-corrected chi connectivity index (χ3v) is 5.38. The lowest BCUT2D eigenvalue weighted by molar-refractivity contribution is -0.147. The van der Waals surface area contributed by atoms with Crippen molar-refractivity contribution in [3.63, 3.8) is 0 Å². The summed E-state index contributed by atoms with van der Waals surface area (Å²) in [6, 6.07) is 0. The van der Waals surface area contributed by atoms with E-state index in [1.807, 2.05) is 18.2 Å². The Morgan fingerprint density at radius 1 is 0.933 bits per heavy atom. The molecule has 0 aromatic carbocycles. The Labute approximate surface area is 183 Å². The Balaban J connectivity index is 4.53. The number of aliphatic hydroxyl groups excluding tert-OH is 1. The number of allylic oxidation sites excluding steroid dienone is 7. The second kappa shape index (κ2) is 18.9. The minimum Gasteiger partial charge on any atom is -0.481 e. The van der Waals surface area contributed by atoms with Crippen LogP contribution in [0.25, 0.3) is 0 Å². The normalized spacial score (nSPS) is 14.2. The SMILES string of the molecule is CCCCCC=CCC=C/C=C/C=C/C(SCC(=O)C(=O)O)C(O)CCCC(=O)O. The van der Waals surface area contributed by atoms with Crippen molar-refractivity contribution in [2.75, 3.05) is 5.75 Å². The first-order valence-corrected chi connectivity index (χ1v) is 11.4. The molecule has 0 aliphatic carbocycles. The third kappa shape index (κ3) is 16.8. The third-order valence-electron chi connectivity index (χ3n) is 4.10. The number of carbonyl (C=O) groups is 3. The van der Waals surface area contributed by atoms with Gasteiger partial charge in [0.1, 0.15) is 0 Å². The topological polar surface area (TPSA) is 112 Å². The van der Waals surface area contributed by atoms with Crippen molar-refractivity contribution in [2.24, 2.45) is 0 Å². The van der Waals surface area contributed by atoms with Crippen LogP contribution in [-0.2, 0) is 14.4 Å². The van der Waals surface area contributed by atoms with Crippen molar-refractivity contribution in [3.8, 4) is 0 Å². The number of aliphatic carboxylic acids is 2. The van der Waals surface area contributed by atoms with Crippen molar-refractivity contribution in [1.82, 2.24) is 0 Å².